The van der Waals surface area contributed by atoms with E-state index in [1.807, 2.05) is 24.3 Å². The molecule has 1 unspecified atom stereocenters. The fraction of sp³-hybridized carbons (Fsp3) is 0.600. The van der Waals surface area contributed by atoms with E-state index in [1.54, 1.807) is 13.3 Å². The van der Waals surface area contributed by atoms with E-state index in [0.717, 1.165) is 48.4 Å². The molecule has 1 N–H and O–H groups in total. The van der Waals surface area contributed by atoms with Gasteiger partial charge in [-0.1, -0.05) is 32.6 Å². The third kappa shape index (κ3) is 6.39. The van der Waals surface area contributed by atoms with E-state index < -0.39 is 6.10 Å². The van der Waals surface area contributed by atoms with Crippen LogP contribution in [0.5, 0.6) is 5.75 Å². The topological polar surface area (TPSA) is 72.6 Å². The highest BCUT2D eigenvalue weighted by molar-refractivity contribution is 5.83. The number of aliphatic hydroxyl groups excluding tert-OH is 1. The summed E-state index contributed by atoms with van der Waals surface area (Å²) < 4.78 is 5.36. The van der Waals surface area contributed by atoms with Crippen molar-refractivity contribution in [2.45, 2.75) is 57.6 Å². The SMILES string of the molecule is CCCCCCCN1CCN(CC(O)c2ccnc3ccc(OC)cc23)C[C@H]1CC#N. The van der Waals surface area contributed by atoms with Crippen LogP contribution in [0.2, 0.25) is 0 Å². The fourth-order valence-corrected chi connectivity index (χ4v) is 4.54. The molecule has 6 nitrogen and oxygen atoms in total. The van der Waals surface area contributed by atoms with Gasteiger partial charge >= 0.3 is 0 Å². The first-order valence-electron chi connectivity index (χ1n) is 11.6. The highest BCUT2D eigenvalue weighted by atomic mass is 16.5. The van der Waals surface area contributed by atoms with Crippen molar-refractivity contribution in [1.29, 1.82) is 5.26 Å². The van der Waals surface area contributed by atoms with E-state index in [9.17, 15) is 10.4 Å². The van der Waals surface area contributed by atoms with E-state index in [0.29, 0.717) is 13.0 Å². The van der Waals surface area contributed by atoms with E-state index in [2.05, 4.69) is 27.8 Å². The number of aliphatic hydroxyl groups is 1. The van der Waals surface area contributed by atoms with Crippen LogP contribution in [0.3, 0.4) is 0 Å². The molecule has 1 aliphatic heterocycles. The number of fused-ring (bicyclic) bond motifs is 1. The van der Waals surface area contributed by atoms with E-state index in [4.69, 9.17) is 4.74 Å². The first kappa shape index (κ1) is 23.5. The third-order valence-electron chi connectivity index (χ3n) is 6.34. The van der Waals surface area contributed by atoms with Crippen molar-refractivity contribution in [3.63, 3.8) is 0 Å². The summed E-state index contributed by atoms with van der Waals surface area (Å²) in [5.41, 5.74) is 1.73. The Hall–Kier alpha value is -2.20. The van der Waals surface area contributed by atoms with Gasteiger partial charge in [-0.25, -0.2) is 0 Å². The van der Waals surface area contributed by atoms with Crippen LogP contribution in [-0.2, 0) is 0 Å². The van der Waals surface area contributed by atoms with Crippen molar-refractivity contribution in [2.75, 3.05) is 39.8 Å². The Morgan fingerprint density at radius 2 is 2.06 bits per heavy atom. The fourth-order valence-electron chi connectivity index (χ4n) is 4.54. The summed E-state index contributed by atoms with van der Waals surface area (Å²) in [4.78, 5) is 9.19. The highest BCUT2D eigenvalue weighted by Crippen LogP contribution is 2.28. The monoisotopic (exact) mass is 424 g/mol. The molecule has 0 aliphatic carbocycles. The average molecular weight is 425 g/mol. The molecule has 0 spiro atoms. The summed E-state index contributed by atoms with van der Waals surface area (Å²) in [5, 5.41) is 21.3. The lowest BCUT2D eigenvalue weighted by atomic mass is 10.0. The summed E-state index contributed by atoms with van der Waals surface area (Å²) in [6, 6.07) is 10.3. The second kappa shape index (κ2) is 12.0. The largest absolute Gasteiger partial charge is 0.497 e. The number of ether oxygens (including phenoxy) is 1. The van der Waals surface area contributed by atoms with Gasteiger partial charge in [-0.2, -0.15) is 5.26 Å². The minimum Gasteiger partial charge on any atom is -0.497 e. The number of piperazine rings is 1. The van der Waals surface area contributed by atoms with E-state index in [1.165, 1.54) is 32.1 Å². The molecule has 2 atom stereocenters. The summed E-state index contributed by atoms with van der Waals surface area (Å²) >= 11 is 0. The first-order valence-corrected chi connectivity index (χ1v) is 11.6. The molecular weight excluding hydrogens is 388 g/mol. The number of β-amino-alcohol motifs (C(OH)–C–C–N with tert-alkyl or cyclic N) is 1. The number of nitrogens with zero attached hydrogens (tertiary/aromatic N) is 4. The molecule has 0 saturated carbocycles. The normalized spacial score (nSPS) is 18.7. The van der Waals surface area contributed by atoms with Crippen molar-refractivity contribution in [2.24, 2.45) is 0 Å². The van der Waals surface area contributed by atoms with Crippen molar-refractivity contribution in [1.82, 2.24) is 14.8 Å². The maximum absolute atomic E-state index is 11.1. The Kier molecular flexibility index (Phi) is 9.08. The van der Waals surface area contributed by atoms with Crippen LogP contribution < -0.4 is 4.74 Å². The summed E-state index contributed by atoms with van der Waals surface area (Å²) in [7, 11) is 1.65. The van der Waals surface area contributed by atoms with Crippen molar-refractivity contribution in [3.8, 4) is 11.8 Å². The number of aromatic nitrogens is 1. The minimum atomic E-state index is -0.610. The van der Waals surface area contributed by atoms with Crippen molar-refractivity contribution in [3.05, 3.63) is 36.0 Å². The van der Waals surface area contributed by atoms with Gasteiger partial charge in [0.05, 0.1) is 31.2 Å². The van der Waals surface area contributed by atoms with Gasteiger partial charge in [0.15, 0.2) is 0 Å². The Morgan fingerprint density at radius 3 is 2.84 bits per heavy atom. The Balaban J connectivity index is 1.61. The van der Waals surface area contributed by atoms with Crippen LogP contribution >= 0.6 is 0 Å². The van der Waals surface area contributed by atoms with Crippen molar-refractivity contribution < 1.29 is 9.84 Å². The van der Waals surface area contributed by atoms with E-state index in [-0.39, 0.29) is 6.04 Å². The van der Waals surface area contributed by atoms with Gasteiger partial charge in [0, 0.05) is 43.8 Å². The maximum Gasteiger partial charge on any atom is 0.119 e. The average Bonchev–Trinajstić information content (AvgIpc) is 2.79. The van der Waals surface area contributed by atoms with Gasteiger partial charge in [-0.15, -0.1) is 0 Å². The lowest BCUT2D eigenvalue weighted by molar-refractivity contribution is 0.0404. The molecule has 0 radical (unpaired) electrons. The molecule has 1 fully saturated rings. The van der Waals surface area contributed by atoms with Gasteiger partial charge in [-0.3, -0.25) is 14.8 Å². The number of methoxy groups -OCH3 is 1. The van der Waals surface area contributed by atoms with Crippen molar-refractivity contribution >= 4 is 10.9 Å². The second-order valence-electron chi connectivity index (χ2n) is 8.52. The Bertz CT molecular complexity index is 866. The molecule has 1 aliphatic rings. The second-order valence-corrected chi connectivity index (χ2v) is 8.52. The van der Waals surface area contributed by atoms with Gasteiger partial charge in [0.1, 0.15) is 5.75 Å². The minimum absolute atomic E-state index is 0.242. The number of pyridine rings is 1. The van der Waals surface area contributed by atoms with Crippen LogP contribution in [-0.4, -0.2) is 65.8 Å². The quantitative estimate of drug-likeness (QED) is 0.547. The maximum atomic E-state index is 11.1. The van der Waals surface area contributed by atoms with Crippen LogP contribution in [0.1, 0.15) is 57.1 Å². The Labute approximate surface area is 186 Å². The molecule has 0 amide bonds. The van der Waals surface area contributed by atoms with Crippen LogP contribution in [0.25, 0.3) is 10.9 Å². The standard InChI is InChI=1S/C25H36N4O2/c1-3-4-5-6-7-14-29-16-15-28(18-20(29)10-12-26)19-25(30)22-11-13-27-24-9-8-21(31-2)17-23(22)24/h8-9,11,13,17,20,25,30H,3-7,10,14-16,18-19H2,1-2H3/t20-,25?/m1/s1. The zero-order chi connectivity index (χ0) is 22.1. The number of nitriles is 1. The lowest BCUT2D eigenvalue weighted by Crippen LogP contribution is -2.53. The molecule has 0 bridgehead atoms. The smallest absolute Gasteiger partial charge is 0.119 e. The van der Waals surface area contributed by atoms with Gasteiger partial charge in [-0.05, 0) is 42.8 Å². The predicted octanol–water partition coefficient (Wildman–Crippen LogP) is 4.15. The number of hydrogen-bond donors (Lipinski definition) is 1. The molecule has 31 heavy (non-hydrogen) atoms. The number of unbranched alkanes of at least 4 members (excludes halogenated alkanes) is 4. The van der Waals surface area contributed by atoms with Gasteiger partial charge in [0.2, 0.25) is 0 Å². The molecule has 2 heterocycles. The molecule has 1 aromatic carbocycles. The van der Waals surface area contributed by atoms with Crippen LogP contribution in [0.15, 0.2) is 30.5 Å². The van der Waals surface area contributed by atoms with Crippen LogP contribution in [0, 0.1) is 11.3 Å². The molecule has 6 heteroatoms. The zero-order valence-corrected chi connectivity index (χ0v) is 19.0. The summed E-state index contributed by atoms with van der Waals surface area (Å²) in [6.07, 6.45) is 8.02. The molecule has 2 aromatic rings. The van der Waals surface area contributed by atoms with Gasteiger partial charge < -0.3 is 9.84 Å². The van der Waals surface area contributed by atoms with E-state index >= 15 is 0 Å². The number of rotatable bonds is 11. The van der Waals surface area contributed by atoms with Gasteiger partial charge in [0.25, 0.3) is 0 Å². The molecule has 168 valence electrons. The number of benzene rings is 1. The summed E-state index contributed by atoms with van der Waals surface area (Å²) in [6.45, 7) is 6.57. The molecule has 3 rings (SSSR count). The molecule has 1 saturated heterocycles. The third-order valence-corrected chi connectivity index (χ3v) is 6.34. The van der Waals surface area contributed by atoms with Crippen LogP contribution in [0.4, 0.5) is 0 Å². The molecule has 1 aromatic heterocycles. The predicted molar refractivity (Wildman–Crippen MR) is 124 cm³/mol. The first-order chi connectivity index (χ1) is 15.2. The highest BCUT2D eigenvalue weighted by Gasteiger charge is 2.28. The molecular formula is C25H36N4O2. The zero-order valence-electron chi connectivity index (χ0n) is 19.0. The number of hydrogen-bond acceptors (Lipinski definition) is 6. The summed E-state index contributed by atoms with van der Waals surface area (Å²) in [5.74, 6) is 0.760. The lowest BCUT2D eigenvalue weighted by Gasteiger charge is -2.41. The Morgan fingerprint density at radius 1 is 1.23 bits per heavy atom.